The second kappa shape index (κ2) is 25.6. The molecule has 2 aromatic heterocycles. The summed E-state index contributed by atoms with van der Waals surface area (Å²) >= 11 is 34.1. The standard InChI is InChI=1S/C22H17Cl2F3N4O5.C21H15Cl2F3N4O5.BBr3/c1-35-15-8-14(25)16(7-11(15)20(32)28-9-3-2-4-9)36-18-12(23)5-10(6-13(18)24)31-22(34)29-21(33)17(30-31)19(26)27;22-11-4-9(30-21(34)28-20(33)16(29-30)18(25)26)5-12(23)17(11)35-15-6-10(14(31)7-13(15)24)19(32)27-8-2-1-3-8;2-1(3)4/h5-9,19H,2-4H2,1H3,(H,28,32)(H,29,33,34);4-8,18,31H,1-3H2,(H,27,32)(H,28,33,34);. The molecular weight excluding hydrogens is 1290 g/mol. The van der Waals surface area contributed by atoms with E-state index in [0.29, 0.717) is 15.4 Å². The molecule has 5 N–H and O–H groups in total. The summed E-state index contributed by atoms with van der Waals surface area (Å²) in [6.07, 6.45) is -1.29. The number of aromatic nitrogens is 6. The SMILES string of the molecule is BrB(Br)Br.COc1cc(F)c(Oc2c(Cl)cc(-n3nc(C(F)F)c(=O)[nH]c3=O)cc2Cl)cc1C(=O)NC1CCC1.O=C(NC1CCC1)c1cc(Oc2c(Cl)cc(-n3nc(C(F)F)c(=O)[nH]c3=O)cc2Cl)c(F)cc1O. The van der Waals surface area contributed by atoms with Crippen molar-refractivity contribution in [2.24, 2.45) is 0 Å². The highest BCUT2D eigenvalue weighted by Gasteiger charge is 2.27. The summed E-state index contributed by atoms with van der Waals surface area (Å²) in [6, 6.07) is 8.06. The highest BCUT2D eigenvalue weighted by atomic mass is 79.9. The zero-order valence-corrected chi connectivity index (χ0v) is 45.4. The van der Waals surface area contributed by atoms with Crippen LogP contribution in [0.2, 0.25) is 20.1 Å². The number of benzene rings is 4. The maximum atomic E-state index is 14.7. The van der Waals surface area contributed by atoms with Gasteiger partial charge in [0, 0.05) is 36.3 Å². The molecule has 2 saturated carbocycles. The summed E-state index contributed by atoms with van der Waals surface area (Å²) in [7, 11) is 1.29. The Hall–Kier alpha value is -5.52. The number of phenolic OH excluding ortho intramolecular Hbond substituents is 1. The molecule has 6 aromatic rings. The third kappa shape index (κ3) is 14.5. The van der Waals surface area contributed by atoms with Gasteiger partial charge in [0.15, 0.2) is 46.0 Å². The first-order valence-electron chi connectivity index (χ1n) is 21.2. The van der Waals surface area contributed by atoms with Crippen molar-refractivity contribution >= 4 is 109 Å². The summed E-state index contributed by atoms with van der Waals surface area (Å²) in [5.41, 5.74) is -7.90. The second-order valence-corrected chi connectivity index (χ2v) is 23.7. The number of aromatic hydroxyl groups is 1. The number of hydrogen-bond donors (Lipinski definition) is 5. The first-order chi connectivity index (χ1) is 35.4. The minimum Gasteiger partial charge on any atom is -0.507 e. The highest BCUT2D eigenvalue weighted by Crippen LogP contribution is 2.42. The van der Waals surface area contributed by atoms with Gasteiger partial charge in [-0.25, -0.2) is 35.9 Å². The molecule has 2 fully saturated rings. The van der Waals surface area contributed by atoms with E-state index < -0.39 is 87.4 Å². The lowest BCUT2D eigenvalue weighted by Crippen LogP contribution is -2.39. The van der Waals surface area contributed by atoms with E-state index in [-0.39, 0.29) is 75.1 Å². The molecule has 2 heterocycles. The predicted octanol–water partition coefficient (Wildman–Crippen LogP) is 10.6. The molecule has 32 heteroatoms. The van der Waals surface area contributed by atoms with Crippen molar-refractivity contribution in [3.63, 3.8) is 0 Å². The lowest BCUT2D eigenvalue weighted by molar-refractivity contribution is 0.0904. The van der Waals surface area contributed by atoms with Crippen molar-refractivity contribution in [3.8, 4) is 45.9 Å². The molecule has 398 valence electrons. The molecule has 2 aliphatic rings. The van der Waals surface area contributed by atoms with Gasteiger partial charge in [-0.1, -0.05) is 46.4 Å². The molecule has 0 radical (unpaired) electrons. The Kier molecular flexibility index (Phi) is 20.0. The van der Waals surface area contributed by atoms with E-state index in [9.17, 15) is 60.2 Å². The van der Waals surface area contributed by atoms with Crippen LogP contribution in [0.3, 0.4) is 0 Å². The molecule has 18 nitrogen and oxygen atoms in total. The van der Waals surface area contributed by atoms with Crippen LogP contribution in [-0.4, -0.2) is 68.8 Å². The van der Waals surface area contributed by atoms with Crippen LogP contribution in [0.4, 0.5) is 26.3 Å². The molecule has 0 unspecified atom stereocenters. The topological polar surface area (TPSA) is 242 Å². The van der Waals surface area contributed by atoms with E-state index in [1.807, 2.05) is 0 Å². The van der Waals surface area contributed by atoms with Gasteiger partial charge >= 0.3 is 14.6 Å². The van der Waals surface area contributed by atoms with E-state index in [1.165, 1.54) is 7.11 Å². The Bertz CT molecular complexity index is 3360. The summed E-state index contributed by atoms with van der Waals surface area (Å²) in [5, 5.41) is 21.2. The minimum absolute atomic E-state index is 0.0115. The van der Waals surface area contributed by atoms with Crippen LogP contribution in [-0.2, 0) is 0 Å². The van der Waals surface area contributed by atoms with Gasteiger partial charge in [-0.2, -0.15) is 19.6 Å². The third-order valence-corrected chi connectivity index (χ3v) is 11.8. The number of ether oxygens (including phenoxy) is 3. The van der Waals surface area contributed by atoms with Gasteiger partial charge in [0.25, 0.3) is 35.8 Å². The number of hydrogen-bond acceptors (Lipinski definition) is 12. The fraction of sp³-hybridized carbons (Fsp3) is 0.256. The van der Waals surface area contributed by atoms with Gasteiger partial charge in [-0.15, -0.1) is 47.3 Å². The quantitative estimate of drug-likeness (QED) is 0.0536. The molecule has 0 aliphatic heterocycles. The van der Waals surface area contributed by atoms with E-state index >= 15 is 0 Å². The maximum Gasteiger partial charge on any atom is 0.369 e. The molecular formula is C43H32BBr3Cl4F6N8O10. The fourth-order valence-electron chi connectivity index (χ4n) is 6.61. The summed E-state index contributed by atoms with van der Waals surface area (Å²) in [6.45, 7) is 0. The van der Waals surface area contributed by atoms with Crippen molar-refractivity contribution in [1.82, 2.24) is 40.2 Å². The van der Waals surface area contributed by atoms with Crippen molar-refractivity contribution < 1.29 is 55.2 Å². The average Bonchev–Trinajstić information content (AvgIpc) is 3.29. The molecule has 75 heavy (non-hydrogen) atoms. The first-order valence-corrected chi connectivity index (χ1v) is 25.4. The number of rotatable bonds is 13. The lowest BCUT2D eigenvalue weighted by atomic mass is 9.93. The van der Waals surface area contributed by atoms with Gasteiger partial charge in [0.2, 0.25) is 0 Å². The van der Waals surface area contributed by atoms with Crippen LogP contribution in [0.15, 0.2) is 67.7 Å². The van der Waals surface area contributed by atoms with E-state index in [0.717, 1.165) is 81.0 Å². The number of aromatic amines is 2. The average molecular weight is 1330 g/mol. The maximum absolute atomic E-state index is 14.7. The zero-order valence-electron chi connectivity index (χ0n) is 37.6. The zero-order chi connectivity index (χ0) is 55.2. The van der Waals surface area contributed by atoms with Gasteiger partial charge < -0.3 is 30.0 Å². The lowest BCUT2D eigenvalue weighted by Gasteiger charge is -2.26. The summed E-state index contributed by atoms with van der Waals surface area (Å²) < 4.78 is 98.7. The number of carbonyl (C=O) groups excluding carboxylic acids is 2. The van der Waals surface area contributed by atoms with Crippen molar-refractivity contribution in [3.05, 3.63) is 144 Å². The minimum atomic E-state index is -3.26. The number of halogens is 13. The Morgan fingerprint density at radius 2 is 1.01 bits per heavy atom. The van der Waals surface area contributed by atoms with Crippen molar-refractivity contribution in [2.75, 3.05) is 7.11 Å². The molecule has 2 amide bonds. The number of alkyl halides is 4. The van der Waals surface area contributed by atoms with Crippen LogP contribution >= 0.6 is 93.7 Å². The number of amides is 2. The van der Waals surface area contributed by atoms with Crippen LogP contribution in [0.25, 0.3) is 11.4 Å². The number of phenols is 1. The summed E-state index contributed by atoms with van der Waals surface area (Å²) in [4.78, 5) is 75.8. The number of nitrogens with zero attached hydrogens (tertiary/aromatic N) is 4. The molecule has 0 bridgehead atoms. The largest absolute Gasteiger partial charge is 0.507 e. The van der Waals surface area contributed by atoms with Crippen LogP contribution in [0, 0.1) is 11.6 Å². The summed E-state index contributed by atoms with van der Waals surface area (Å²) in [5.74, 6) is -5.05. The van der Waals surface area contributed by atoms with E-state index in [2.05, 4.69) is 68.1 Å². The normalized spacial score (nSPS) is 13.1. The molecule has 8 rings (SSSR count). The Balaban J connectivity index is 0.000000228. The Morgan fingerprint density at radius 3 is 1.36 bits per heavy atom. The molecule has 0 saturated heterocycles. The van der Waals surface area contributed by atoms with Crippen LogP contribution < -0.4 is 47.3 Å². The molecule has 2 aliphatic carbocycles. The number of nitrogens with one attached hydrogen (secondary N) is 4. The van der Waals surface area contributed by atoms with E-state index in [1.54, 1.807) is 9.97 Å². The van der Waals surface area contributed by atoms with Crippen molar-refractivity contribution in [2.45, 2.75) is 63.5 Å². The van der Waals surface area contributed by atoms with Crippen molar-refractivity contribution in [1.29, 1.82) is 0 Å². The first kappa shape index (κ1) is 58.7. The Morgan fingerprint density at radius 1 is 0.653 bits per heavy atom. The van der Waals surface area contributed by atoms with Gasteiger partial charge in [0.1, 0.15) is 11.5 Å². The Labute approximate surface area is 461 Å². The number of methoxy groups -OCH3 is 1. The van der Waals surface area contributed by atoms with Crippen LogP contribution in [0.1, 0.15) is 83.5 Å². The third-order valence-electron chi connectivity index (χ3n) is 10.7. The predicted molar refractivity (Wildman–Crippen MR) is 275 cm³/mol. The van der Waals surface area contributed by atoms with Gasteiger partial charge in [0.05, 0.1) is 49.7 Å². The second-order valence-electron chi connectivity index (χ2n) is 15.6. The van der Waals surface area contributed by atoms with Crippen LogP contribution in [0.5, 0.6) is 34.5 Å². The number of carbonyl (C=O) groups is 2. The van der Waals surface area contributed by atoms with Gasteiger partial charge in [-0.3, -0.25) is 29.1 Å². The fourth-order valence-corrected chi connectivity index (χ4v) is 7.71. The molecule has 4 aromatic carbocycles. The smallest absolute Gasteiger partial charge is 0.369 e. The molecule has 0 spiro atoms. The number of H-pyrrole nitrogens is 2. The van der Waals surface area contributed by atoms with E-state index in [4.69, 9.17) is 60.6 Å². The molecule has 0 atom stereocenters. The van der Waals surface area contributed by atoms with Gasteiger partial charge in [-0.05, 0) is 62.8 Å². The highest BCUT2D eigenvalue weighted by molar-refractivity contribution is 9.69. The monoisotopic (exact) mass is 1320 g/mol.